The molecule has 19 heavy (non-hydrogen) atoms. The summed E-state index contributed by atoms with van der Waals surface area (Å²) in [5.74, 6) is 0. The standard InChI is InChI=1S/C6H12O11P2/c7-3-4(8)6(17-18(9,10)11)15-2-1-14-19(12,13)16-5(2)3/h2-8H,1H2,(H,12,13)(H2,9,10,11)/t2-,3-,4-,5-,6-/m1/s1. The predicted molar refractivity (Wildman–Crippen MR) is 54.5 cm³/mol. The Balaban J connectivity index is 2.13. The van der Waals surface area contributed by atoms with Crippen molar-refractivity contribution in [3.05, 3.63) is 0 Å². The molecule has 13 heteroatoms. The molecule has 0 aromatic rings. The minimum atomic E-state index is -4.95. The van der Waals surface area contributed by atoms with Crippen molar-refractivity contribution in [2.75, 3.05) is 6.61 Å². The lowest BCUT2D eigenvalue weighted by atomic mass is 9.99. The first-order chi connectivity index (χ1) is 8.59. The summed E-state index contributed by atoms with van der Waals surface area (Å²) in [6.07, 6.45) is -7.92. The Labute approximate surface area is 106 Å². The molecule has 0 amide bonds. The van der Waals surface area contributed by atoms with Gasteiger partial charge in [-0.2, -0.15) is 0 Å². The highest BCUT2D eigenvalue weighted by Crippen LogP contribution is 2.51. The topological polar surface area (TPSA) is 172 Å². The zero-order valence-corrected chi connectivity index (χ0v) is 11.0. The maximum absolute atomic E-state index is 11.2. The number of ether oxygens (including phenoxy) is 1. The van der Waals surface area contributed by atoms with E-state index < -0.39 is 53.0 Å². The number of aliphatic hydroxyl groups excluding tert-OH is 2. The zero-order chi connectivity index (χ0) is 14.4. The van der Waals surface area contributed by atoms with E-state index >= 15 is 0 Å². The lowest BCUT2D eigenvalue weighted by Gasteiger charge is -2.44. The second-order valence-corrected chi connectivity index (χ2v) is 6.55. The molecule has 0 spiro atoms. The molecule has 2 aliphatic rings. The fourth-order valence-electron chi connectivity index (χ4n) is 1.74. The third-order valence-electron chi connectivity index (χ3n) is 2.54. The van der Waals surface area contributed by atoms with Crippen molar-refractivity contribution in [1.29, 1.82) is 0 Å². The van der Waals surface area contributed by atoms with E-state index in [0.29, 0.717) is 0 Å². The van der Waals surface area contributed by atoms with Gasteiger partial charge in [-0.05, 0) is 0 Å². The van der Waals surface area contributed by atoms with Crippen molar-refractivity contribution in [1.82, 2.24) is 0 Å². The van der Waals surface area contributed by atoms with E-state index in [2.05, 4.69) is 13.6 Å². The van der Waals surface area contributed by atoms with Crippen LogP contribution < -0.4 is 0 Å². The molecule has 2 aliphatic heterocycles. The molecule has 2 rings (SSSR count). The molecule has 5 N–H and O–H groups in total. The molecule has 0 aromatic carbocycles. The van der Waals surface area contributed by atoms with Crippen molar-refractivity contribution in [3.8, 4) is 0 Å². The van der Waals surface area contributed by atoms with Crippen LogP contribution in [0.15, 0.2) is 0 Å². The predicted octanol–water partition coefficient (Wildman–Crippen LogP) is -1.94. The van der Waals surface area contributed by atoms with E-state index in [4.69, 9.17) is 19.4 Å². The average Bonchev–Trinajstić information content (AvgIpc) is 2.24. The SMILES string of the molecule is O=P(O)(O)O[C@H]1O[C@@H]2COP(=O)(O)O[C@H]2[C@H](O)[C@H]1O. The number of phosphoric ester groups is 2. The number of rotatable bonds is 2. The Morgan fingerprint density at radius 2 is 1.89 bits per heavy atom. The Kier molecular flexibility index (Phi) is 4.19. The van der Waals surface area contributed by atoms with E-state index in [-0.39, 0.29) is 0 Å². The van der Waals surface area contributed by atoms with Crippen molar-refractivity contribution < 1.29 is 52.3 Å². The highest BCUT2D eigenvalue weighted by atomic mass is 31.2. The molecule has 112 valence electrons. The highest BCUT2D eigenvalue weighted by molar-refractivity contribution is 7.47. The van der Waals surface area contributed by atoms with Crippen LogP contribution in [0.1, 0.15) is 0 Å². The number of hydrogen-bond acceptors (Lipinski definition) is 8. The zero-order valence-electron chi connectivity index (χ0n) is 9.17. The summed E-state index contributed by atoms with van der Waals surface area (Å²) in [7, 11) is -9.30. The van der Waals surface area contributed by atoms with Crippen LogP contribution in [0.25, 0.3) is 0 Å². The van der Waals surface area contributed by atoms with Gasteiger partial charge in [0.2, 0.25) is 0 Å². The summed E-state index contributed by atoms with van der Waals surface area (Å²) in [6, 6.07) is 0. The summed E-state index contributed by atoms with van der Waals surface area (Å²) in [5, 5.41) is 19.3. The first-order valence-electron chi connectivity index (χ1n) is 5.00. The van der Waals surface area contributed by atoms with Gasteiger partial charge in [-0.1, -0.05) is 0 Å². The molecule has 6 atom stereocenters. The lowest BCUT2D eigenvalue weighted by molar-refractivity contribution is -0.285. The van der Waals surface area contributed by atoms with Gasteiger partial charge in [-0.25, -0.2) is 9.13 Å². The molecule has 1 unspecified atom stereocenters. The molecule has 0 bridgehead atoms. The van der Waals surface area contributed by atoms with Gasteiger partial charge in [-0.3, -0.25) is 13.6 Å². The maximum Gasteiger partial charge on any atom is 0.472 e. The van der Waals surface area contributed by atoms with Crippen molar-refractivity contribution in [2.24, 2.45) is 0 Å². The molecule has 0 aromatic heterocycles. The van der Waals surface area contributed by atoms with Gasteiger partial charge >= 0.3 is 15.6 Å². The van der Waals surface area contributed by atoms with Crippen LogP contribution in [0.3, 0.4) is 0 Å². The van der Waals surface area contributed by atoms with Crippen LogP contribution in [0.5, 0.6) is 0 Å². The van der Waals surface area contributed by atoms with E-state index in [1.54, 1.807) is 0 Å². The van der Waals surface area contributed by atoms with Gasteiger partial charge in [0.1, 0.15) is 24.4 Å². The van der Waals surface area contributed by atoms with Crippen LogP contribution in [0, 0.1) is 0 Å². The van der Waals surface area contributed by atoms with Crippen LogP contribution in [0.4, 0.5) is 0 Å². The molecule has 0 radical (unpaired) electrons. The minimum absolute atomic E-state index is 0.469. The second kappa shape index (κ2) is 5.14. The van der Waals surface area contributed by atoms with Gasteiger partial charge in [0.15, 0.2) is 6.29 Å². The van der Waals surface area contributed by atoms with Crippen molar-refractivity contribution in [3.63, 3.8) is 0 Å². The molecule has 2 saturated heterocycles. The number of phosphoric acid groups is 2. The smallest absolute Gasteiger partial charge is 0.387 e. The summed E-state index contributed by atoms with van der Waals surface area (Å²) < 4.78 is 39.9. The summed E-state index contributed by atoms with van der Waals surface area (Å²) in [4.78, 5) is 26.3. The van der Waals surface area contributed by atoms with Crippen molar-refractivity contribution in [2.45, 2.75) is 30.7 Å². The average molecular weight is 322 g/mol. The maximum atomic E-state index is 11.2. The second-order valence-electron chi connectivity index (χ2n) is 3.95. The highest BCUT2D eigenvalue weighted by Gasteiger charge is 2.53. The normalized spacial score (nSPS) is 47.7. The molecule has 2 fully saturated rings. The van der Waals surface area contributed by atoms with Gasteiger partial charge in [-0.15, -0.1) is 0 Å². The monoisotopic (exact) mass is 322 g/mol. The minimum Gasteiger partial charge on any atom is -0.387 e. The summed E-state index contributed by atoms with van der Waals surface area (Å²) in [5.41, 5.74) is 0. The molecule has 11 nitrogen and oxygen atoms in total. The fourth-order valence-corrected chi connectivity index (χ4v) is 3.15. The van der Waals surface area contributed by atoms with E-state index in [0.717, 1.165) is 0 Å². The first kappa shape index (κ1) is 15.5. The van der Waals surface area contributed by atoms with Crippen LogP contribution in [-0.4, -0.2) is 62.2 Å². The Morgan fingerprint density at radius 1 is 1.26 bits per heavy atom. The number of fused-ring (bicyclic) bond motifs is 1. The first-order valence-corrected chi connectivity index (χ1v) is 8.03. The largest absolute Gasteiger partial charge is 0.472 e. The number of hydrogen-bond donors (Lipinski definition) is 5. The van der Waals surface area contributed by atoms with Gasteiger partial charge in [0.05, 0.1) is 6.61 Å². The van der Waals surface area contributed by atoms with Crippen LogP contribution >= 0.6 is 15.6 Å². The third-order valence-corrected chi connectivity index (χ3v) is 4.01. The number of aliphatic hydroxyl groups is 2. The van der Waals surface area contributed by atoms with Crippen LogP contribution in [0.2, 0.25) is 0 Å². The van der Waals surface area contributed by atoms with Crippen molar-refractivity contribution >= 4 is 15.6 Å². The molecule has 2 heterocycles. The Hall–Kier alpha value is 0.1000. The van der Waals surface area contributed by atoms with Gasteiger partial charge < -0.3 is 29.6 Å². The molecule has 0 aliphatic carbocycles. The molecular formula is C6H12O11P2. The van der Waals surface area contributed by atoms with E-state index in [1.165, 1.54) is 0 Å². The summed E-state index contributed by atoms with van der Waals surface area (Å²) in [6.45, 7) is -0.469. The Bertz CT molecular complexity index is 431. The molecular weight excluding hydrogens is 310 g/mol. The summed E-state index contributed by atoms with van der Waals surface area (Å²) >= 11 is 0. The van der Waals surface area contributed by atoms with Gasteiger partial charge in [0.25, 0.3) is 0 Å². The van der Waals surface area contributed by atoms with E-state index in [9.17, 15) is 19.3 Å². The third kappa shape index (κ3) is 3.60. The Morgan fingerprint density at radius 3 is 2.47 bits per heavy atom. The fraction of sp³-hybridized carbons (Fsp3) is 1.00. The van der Waals surface area contributed by atoms with Crippen LogP contribution in [-0.2, 0) is 27.4 Å². The van der Waals surface area contributed by atoms with E-state index in [1.807, 2.05) is 0 Å². The quantitative estimate of drug-likeness (QED) is 0.358. The lowest BCUT2D eigenvalue weighted by Crippen LogP contribution is -2.60. The van der Waals surface area contributed by atoms with Gasteiger partial charge in [0, 0.05) is 0 Å². The molecule has 0 saturated carbocycles.